The summed E-state index contributed by atoms with van der Waals surface area (Å²) in [6.07, 6.45) is 1.46. The zero-order valence-corrected chi connectivity index (χ0v) is 14.6. The fourth-order valence-corrected chi connectivity index (χ4v) is 3.08. The number of phenolic OH excluding ortho intramolecular Hbond substituents is 1. The highest BCUT2D eigenvalue weighted by Crippen LogP contribution is 2.27. The number of carbonyl (C=O) groups is 2. The summed E-state index contributed by atoms with van der Waals surface area (Å²) in [6.45, 7) is 2.15. The minimum absolute atomic E-state index is 0.0551. The number of esters is 1. The number of ketones is 1. The van der Waals surface area contributed by atoms with Crippen molar-refractivity contribution in [2.24, 2.45) is 0 Å². The first-order valence-electron chi connectivity index (χ1n) is 8.69. The molecule has 0 saturated carbocycles. The molecule has 0 atom stereocenters. The number of rotatable bonds is 7. The van der Waals surface area contributed by atoms with Crippen LogP contribution in [0.2, 0.25) is 0 Å². The Labute approximate surface area is 151 Å². The number of aromatic nitrogens is 1. The Morgan fingerprint density at radius 1 is 1.12 bits per heavy atom. The molecule has 2 N–H and O–H groups in total. The fraction of sp³-hybridized carbons (Fsp3) is 0.238. The van der Waals surface area contributed by atoms with Crippen molar-refractivity contribution in [3.8, 4) is 5.75 Å². The molecule has 0 aliphatic rings. The van der Waals surface area contributed by atoms with Gasteiger partial charge in [0.2, 0.25) is 0 Å². The predicted octanol–water partition coefficient (Wildman–Crippen LogP) is 3.99. The third-order valence-electron chi connectivity index (χ3n) is 4.23. The first-order valence-corrected chi connectivity index (χ1v) is 8.69. The van der Waals surface area contributed by atoms with Crippen LogP contribution in [0.1, 0.15) is 41.4 Å². The Bertz CT molecular complexity index is 942. The van der Waals surface area contributed by atoms with E-state index in [1.54, 1.807) is 19.1 Å². The number of benzene rings is 2. The zero-order chi connectivity index (χ0) is 18.5. The summed E-state index contributed by atoms with van der Waals surface area (Å²) in [6, 6.07) is 13.9. The van der Waals surface area contributed by atoms with Crippen LogP contribution in [-0.4, -0.2) is 28.4 Å². The molecule has 0 saturated heterocycles. The molecule has 0 spiro atoms. The van der Waals surface area contributed by atoms with Gasteiger partial charge in [0.1, 0.15) is 5.75 Å². The molecule has 3 aromatic rings. The van der Waals surface area contributed by atoms with Gasteiger partial charge in [0, 0.05) is 28.6 Å². The van der Waals surface area contributed by atoms with E-state index in [0.717, 1.165) is 16.6 Å². The number of hydrogen-bond donors (Lipinski definition) is 2. The lowest BCUT2D eigenvalue weighted by Crippen LogP contribution is -2.07. The normalized spacial score (nSPS) is 10.8. The zero-order valence-electron chi connectivity index (χ0n) is 14.6. The SMILES string of the molecule is CCOC(=O)CCCc1[nH]c2ccccc2c1C(=O)c1cccc(O)c1. The molecular weight excluding hydrogens is 330 g/mol. The van der Waals surface area contributed by atoms with Crippen molar-refractivity contribution in [3.05, 3.63) is 65.4 Å². The summed E-state index contributed by atoms with van der Waals surface area (Å²) in [5.41, 5.74) is 2.70. The molecule has 0 unspecified atom stereocenters. The second-order valence-corrected chi connectivity index (χ2v) is 6.06. The molecule has 26 heavy (non-hydrogen) atoms. The molecule has 0 fully saturated rings. The van der Waals surface area contributed by atoms with Gasteiger partial charge < -0.3 is 14.8 Å². The highest BCUT2D eigenvalue weighted by molar-refractivity contribution is 6.17. The standard InChI is InChI=1S/C21H21NO4/c1-2-26-19(24)12-6-11-18-20(16-9-3-4-10-17(16)22-18)21(25)14-7-5-8-15(23)13-14/h3-5,7-10,13,22-23H,2,6,11-12H2,1H3. The smallest absolute Gasteiger partial charge is 0.305 e. The lowest BCUT2D eigenvalue weighted by molar-refractivity contribution is -0.143. The molecule has 0 amide bonds. The van der Waals surface area contributed by atoms with Crippen LogP contribution in [0.15, 0.2) is 48.5 Å². The minimum Gasteiger partial charge on any atom is -0.508 e. The number of carbonyl (C=O) groups excluding carboxylic acids is 2. The van der Waals surface area contributed by atoms with Crippen LogP contribution in [0.5, 0.6) is 5.75 Å². The van der Waals surface area contributed by atoms with Crippen molar-refractivity contribution < 1.29 is 19.4 Å². The molecule has 3 rings (SSSR count). The monoisotopic (exact) mass is 351 g/mol. The van der Waals surface area contributed by atoms with Crippen LogP contribution >= 0.6 is 0 Å². The molecule has 5 heteroatoms. The third-order valence-corrected chi connectivity index (χ3v) is 4.23. The van der Waals surface area contributed by atoms with Gasteiger partial charge in [0.25, 0.3) is 0 Å². The number of fused-ring (bicyclic) bond motifs is 1. The van der Waals surface area contributed by atoms with Gasteiger partial charge in [-0.15, -0.1) is 0 Å². The summed E-state index contributed by atoms with van der Waals surface area (Å²) >= 11 is 0. The van der Waals surface area contributed by atoms with E-state index >= 15 is 0 Å². The van der Waals surface area contributed by atoms with E-state index < -0.39 is 0 Å². The number of para-hydroxylation sites is 1. The van der Waals surface area contributed by atoms with Crippen molar-refractivity contribution in [2.75, 3.05) is 6.61 Å². The van der Waals surface area contributed by atoms with E-state index in [4.69, 9.17) is 4.74 Å². The average Bonchev–Trinajstić information content (AvgIpc) is 2.99. The van der Waals surface area contributed by atoms with Gasteiger partial charge in [-0.05, 0) is 38.0 Å². The van der Waals surface area contributed by atoms with Gasteiger partial charge in [0.05, 0.1) is 12.2 Å². The Hall–Kier alpha value is -3.08. The first-order chi connectivity index (χ1) is 12.6. The van der Waals surface area contributed by atoms with Gasteiger partial charge in [-0.2, -0.15) is 0 Å². The molecule has 0 bridgehead atoms. The Morgan fingerprint density at radius 3 is 2.69 bits per heavy atom. The Balaban J connectivity index is 1.92. The maximum absolute atomic E-state index is 13.1. The van der Waals surface area contributed by atoms with Crippen molar-refractivity contribution >= 4 is 22.7 Å². The first kappa shape index (κ1) is 17.7. The van der Waals surface area contributed by atoms with Gasteiger partial charge in [-0.1, -0.05) is 30.3 Å². The van der Waals surface area contributed by atoms with Crippen LogP contribution in [-0.2, 0) is 16.0 Å². The summed E-state index contributed by atoms with van der Waals surface area (Å²) in [5.74, 6) is -0.325. The van der Waals surface area contributed by atoms with Crippen LogP contribution in [0, 0.1) is 0 Å². The lowest BCUT2D eigenvalue weighted by Gasteiger charge is -2.06. The van der Waals surface area contributed by atoms with Crippen molar-refractivity contribution in [1.82, 2.24) is 4.98 Å². The maximum atomic E-state index is 13.1. The van der Waals surface area contributed by atoms with Crippen LogP contribution in [0.3, 0.4) is 0 Å². The van der Waals surface area contributed by atoms with E-state index in [0.29, 0.717) is 37.0 Å². The molecule has 1 heterocycles. The van der Waals surface area contributed by atoms with E-state index in [2.05, 4.69) is 4.98 Å². The number of aromatic hydroxyl groups is 1. The van der Waals surface area contributed by atoms with Gasteiger partial charge in [0.15, 0.2) is 5.78 Å². The van der Waals surface area contributed by atoms with Crippen molar-refractivity contribution in [2.45, 2.75) is 26.2 Å². The van der Waals surface area contributed by atoms with E-state index in [9.17, 15) is 14.7 Å². The molecule has 134 valence electrons. The summed E-state index contributed by atoms with van der Waals surface area (Å²) in [7, 11) is 0. The predicted molar refractivity (Wildman–Crippen MR) is 99.4 cm³/mol. The number of aryl methyl sites for hydroxylation is 1. The van der Waals surface area contributed by atoms with Gasteiger partial charge in [-0.25, -0.2) is 0 Å². The number of phenols is 1. The van der Waals surface area contributed by atoms with Crippen molar-refractivity contribution in [1.29, 1.82) is 0 Å². The molecular formula is C21H21NO4. The quantitative estimate of drug-likeness (QED) is 0.498. The number of ether oxygens (including phenoxy) is 1. The molecule has 5 nitrogen and oxygen atoms in total. The molecule has 0 aliphatic heterocycles. The van der Waals surface area contributed by atoms with Crippen molar-refractivity contribution in [3.63, 3.8) is 0 Å². The fourth-order valence-electron chi connectivity index (χ4n) is 3.08. The van der Waals surface area contributed by atoms with E-state index in [1.165, 1.54) is 12.1 Å². The largest absolute Gasteiger partial charge is 0.508 e. The number of nitrogens with one attached hydrogen (secondary N) is 1. The van der Waals surface area contributed by atoms with Crippen LogP contribution in [0.25, 0.3) is 10.9 Å². The summed E-state index contributed by atoms with van der Waals surface area (Å²) in [4.78, 5) is 27.9. The Kier molecular flexibility index (Phi) is 5.37. The van der Waals surface area contributed by atoms with Crippen LogP contribution < -0.4 is 0 Å². The van der Waals surface area contributed by atoms with Gasteiger partial charge in [-0.3, -0.25) is 9.59 Å². The highest BCUT2D eigenvalue weighted by atomic mass is 16.5. The molecule has 2 aromatic carbocycles. The maximum Gasteiger partial charge on any atom is 0.305 e. The second-order valence-electron chi connectivity index (χ2n) is 6.06. The number of hydrogen-bond acceptors (Lipinski definition) is 4. The summed E-state index contributed by atoms with van der Waals surface area (Å²) in [5, 5.41) is 10.5. The molecule has 1 aromatic heterocycles. The summed E-state index contributed by atoms with van der Waals surface area (Å²) < 4.78 is 4.96. The molecule has 0 radical (unpaired) electrons. The van der Waals surface area contributed by atoms with Crippen LogP contribution in [0.4, 0.5) is 0 Å². The lowest BCUT2D eigenvalue weighted by atomic mass is 9.98. The molecule has 0 aliphatic carbocycles. The Morgan fingerprint density at radius 2 is 1.92 bits per heavy atom. The van der Waals surface area contributed by atoms with E-state index in [1.807, 2.05) is 24.3 Å². The topological polar surface area (TPSA) is 79.4 Å². The van der Waals surface area contributed by atoms with E-state index in [-0.39, 0.29) is 17.5 Å². The van der Waals surface area contributed by atoms with Gasteiger partial charge >= 0.3 is 5.97 Å². The number of aromatic amines is 1. The second kappa shape index (κ2) is 7.87. The number of H-pyrrole nitrogens is 1. The highest BCUT2D eigenvalue weighted by Gasteiger charge is 2.20. The third kappa shape index (κ3) is 3.77. The minimum atomic E-state index is -0.232. The average molecular weight is 351 g/mol.